The van der Waals surface area contributed by atoms with Crippen LogP contribution in [0.3, 0.4) is 0 Å². The van der Waals surface area contributed by atoms with Crippen molar-refractivity contribution < 1.29 is 9.57 Å². The lowest BCUT2D eigenvalue weighted by Crippen LogP contribution is -2.34. The minimum atomic E-state index is 0.697. The number of aromatic nitrogens is 2. The van der Waals surface area contributed by atoms with Crippen LogP contribution in [0.5, 0.6) is 5.75 Å². The van der Waals surface area contributed by atoms with Gasteiger partial charge in [-0.15, -0.1) is 5.10 Å². The summed E-state index contributed by atoms with van der Waals surface area (Å²) < 4.78 is 5.92. The van der Waals surface area contributed by atoms with Gasteiger partial charge >= 0.3 is 0 Å². The Labute approximate surface area is 154 Å². The largest absolute Gasteiger partial charge is 0.494 e. The van der Waals surface area contributed by atoms with E-state index in [1.807, 2.05) is 37.3 Å². The fourth-order valence-corrected chi connectivity index (χ4v) is 3.15. The minimum absolute atomic E-state index is 0.697. The van der Waals surface area contributed by atoms with Crippen molar-refractivity contribution in [2.45, 2.75) is 26.2 Å². The van der Waals surface area contributed by atoms with Crippen LogP contribution in [0.1, 0.15) is 30.5 Å². The summed E-state index contributed by atoms with van der Waals surface area (Å²) in [5.41, 5.74) is 1.93. The molecule has 0 atom stereocenters. The van der Waals surface area contributed by atoms with Gasteiger partial charge in [-0.3, -0.25) is 0 Å². The van der Waals surface area contributed by atoms with Crippen LogP contribution in [0.2, 0.25) is 0 Å². The first-order chi connectivity index (χ1) is 12.7. The van der Waals surface area contributed by atoms with Gasteiger partial charge < -0.3 is 14.5 Å². The van der Waals surface area contributed by atoms with Gasteiger partial charge in [0.05, 0.1) is 18.5 Å². The standard InChI is InChI=1S/C20H26N4O2/c1-16-6-7-20(23-22-16)24-11-8-17(9-12-24)10-13-26-19-5-3-4-18(14-19)15-21-25-2/h3-7,14-15,17H,8-13H2,1-2H3. The topological polar surface area (TPSA) is 59.8 Å². The number of benzene rings is 1. The van der Waals surface area contributed by atoms with Crippen molar-refractivity contribution in [1.29, 1.82) is 0 Å². The second kappa shape index (κ2) is 9.17. The van der Waals surface area contributed by atoms with Gasteiger partial charge in [-0.25, -0.2) is 0 Å². The molecule has 26 heavy (non-hydrogen) atoms. The van der Waals surface area contributed by atoms with Gasteiger partial charge in [0.25, 0.3) is 0 Å². The number of anilines is 1. The number of rotatable bonds is 7. The normalized spacial score (nSPS) is 15.4. The Hall–Kier alpha value is -2.63. The summed E-state index contributed by atoms with van der Waals surface area (Å²) in [6, 6.07) is 12.0. The molecule has 0 spiro atoms. The molecule has 6 nitrogen and oxygen atoms in total. The van der Waals surface area contributed by atoms with Gasteiger partial charge in [-0.1, -0.05) is 17.3 Å². The summed E-state index contributed by atoms with van der Waals surface area (Å²) in [4.78, 5) is 7.03. The van der Waals surface area contributed by atoms with Crippen LogP contribution < -0.4 is 9.64 Å². The summed E-state index contributed by atoms with van der Waals surface area (Å²) in [6.07, 6.45) is 5.08. The number of nitrogens with zero attached hydrogens (tertiary/aromatic N) is 4. The highest BCUT2D eigenvalue weighted by molar-refractivity contribution is 5.79. The van der Waals surface area contributed by atoms with E-state index in [2.05, 4.69) is 26.3 Å². The highest BCUT2D eigenvalue weighted by Crippen LogP contribution is 2.24. The predicted octanol–water partition coefficient (Wildman–Crippen LogP) is 3.45. The minimum Gasteiger partial charge on any atom is -0.494 e. The molecule has 2 heterocycles. The van der Waals surface area contributed by atoms with Crippen LogP contribution in [0.4, 0.5) is 5.82 Å². The van der Waals surface area contributed by atoms with Crippen LogP contribution in [0.15, 0.2) is 41.6 Å². The van der Waals surface area contributed by atoms with Gasteiger partial charge in [-0.05, 0) is 61.9 Å². The molecule has 0 N–H and O–H groups in total. The molecular formula is C20H26N4O2. The monoisotopic (exact) mass is 354 g/mol. The molecule has 0 bridgehead atoms. The molecular weight excluding hydrogens is 328 g/mol. The van der Waals surface area contributed by atoms with Crippen LogP contribution >= 0.6 is 0 Å². The Balaban J connectivity index is 1.41. The number of hydrogen-bond acceptors (Lipinski definition) is 6. The Morgan fingerprint density at radius 2 is 2.04 bits per heavy atom. The molecule has 1 aliphatic rings. The molecule has 6 heteroatoms. The first-order valence-corrected chi connectivity index (χ1v) is 9.09. The number of hydrogen-bond donors (Lipinski definition) is 0. The zero-order valence-electron chi connectivity index (χ0n) is 15.5. The SMILES string of the molecule is CON=Cc1cccc(OCCC2CCN(c3ccc(C)nn3)CC2)c1. The second-order valence-corrected chi connectivity index (χ2v) is 6.59. The number of aryl methyl sites for hydroxylation is 1. The van der Waals surface area contributed by atoms with Crippen molar-refractivity contribution in [1.82, 2.24) is 10.2 Å². The molecule has 2 aromatic rings. The molecule has 0 amide bonds. The van der Waals surface area contributed by atoms with Gasteiger partial charge in [-0.2, -0.15) is 5.10 Å². The lowest BCUT2D eigenvalue weighted by molar-refractivity contribution is 0.215. The van der Waals surface area contributed by atoms with E-state index in [4.69, 9.17) is 9.57 Å². The van der Waals surface area contributed by atoms with E-state index >= 15 is 0 Å². The molecule has 0 radical (unpaired) electrons. The Kier molecular flexibility index (Phi) is 6.41. The summed E-state index contributed by atoms with van der Waals surface area (Å²) in [5, 5.41) is 12.2. The molecule has 3 rings (SSSR count). The average molecular weight is 354 g/mol. The molecule has 1 aliphatic heterocycles. The van der Waals surface area contributed by atoms with Gasteiger partial charge in [0.2, 0.25) is 0 Å². The zero-order chi connectivity index (χ0) is 18.2. The summed E-state index contributed by atoms with van der Waals surface area (Å²) in [7, 11) is 1.54. The lowest BCUT2D eigenvalue weighted by atomic mass is 9.94. The van der Waals surface area contributed by atoms with Crippen molar-refractivity contribution in [3.63, 3.8) is 0 Å². The first-order valence-electron chi connectivity index (χ1n) is 9.09. The van der Waals surface area contributed by atoms with Gasteiger partial charge in [0.15, 0.2) is 5.82 Å². The van der Waals surface area contributed by atoms with E-state index in [9.17, 15) is 0 Å². The van der Waals surface area contributed by atoms with Crippen molar-refractivity contribution in [2.75, 3.05) is 31.7 Å². The van der Waals surface area contributed by atoms with Crippen molar-refractivity contribution in [3.05, 3.63) is 47.7 Å². The maximum Gasteiger partial charge on any atom is 0.151 e. The van der Waals surface area contributed by atoms with E-state index in [0.29, 0.717) is 5.92 Å². The highest BCUT2D eigenvalue weighted by Gasteiger charge is 2.20. The van der Waals surface area contributed by atoms with Crippen LogP contribution in [-0.4, -0.2) is 43.2 Å². The third kappa shape index (κ3) is 5.18. The van der Waals surface area contributed by atoms with E-state index in [1.165, 1.54) is 20.0 Å². The fourth-order valence-electron chi connectivity index (χ4n) is 3.15. The summed E-state index contributed by atoms with van der Waals surface area (Å²) in [5.74, 6) is 2.56. The van der Waals surface area contributed by atoms with Crippen LogP contribution in [0, 0.1) is 12.8 Å². The second-order valence-electron chi connectivity index (χ2n) is 6.59. The van der Waals surface area contributed by atoms with Crippen molar-refractivity contribution in [3.8, 4) is 5.75 Å². The molecule has 0 aliphatic carbocycles. The summed E-state index contributed by atoms with van der Waals surface area (Å²) in [6.45, 7) is 4.76. The maximum absolute atomic E-state index is 5.92. The van der Waals surface area contributed by atoms with Crippen molar-refractivity contribution in [2.24, 2.45) is 11.1 Å². The van der Waals surface area contributed by atoms with E-state index in [0.717, 1.165) is 48.9 Å². The number of ether oxygens (including phenoxy) is 1. The van der Waals surface area contributed by atoms with Gasteiger partial charge in [0, 0.05) is 13.1 Å². The average Bonchev–Trinajstić information content (AvgIpc) is 2.68. The van der Waals surface area contributed by atoms with Crippen molar-refractivity contribution >= 4 is 12.0 Å². The van der Waals surface area contributed by atoms with E-state index in [1.54, 1.807) is 6.21 Å². The smallest absolute Gasteiger partial charge is 0.151 e. The fraction of sp³-hybridized carbons (Fsp3) is 0.450. The number of piperidine rings is 1. The van der Waals surface area contributed by atoms with E-state index < -0.39 is 0 Å². The third-order valence-corrected chi connectivity index (χ3v) is 4.68. The third-order valence-electron chi connectivity index (χ3n) is 4.68. The molecule has 1 aromatic carbocycles. The first kappa shape index (κ1) is 18.2. The molecule has 1 saturated heterocycles. The van der Waals surface area contributed by atoms with Gasteiger partial charge in [0.1, 0.15) is 12.9 Å². The molecule has 0 saturated carbocycles. The number of oxime groups is 1. The predicted molar refractivity (Wildman–Crippen MR) is 103 cm³/mol. The van der Waals surface area contributed by atoms with E-state index in [-0.39, 0.29) is 0 Å². The quantitative estimate of drug-likeness (QED) is 0.563. The maximum atomic E-state index is 5.92. The molecule has 138 valence electrons. The van der Waals surface area contributed by atoms with Crippen LogP contribution in [-0.2, 0) is 4.84 Å². The summed E-state index contributed by atoms with van der Waals surface area (Å²) >= 11 is 0. The Bertz CT molecular complexity index is 710. The highest BCUT2D eigenvalue weighted by atomic mass is 16.6. The lowest BCUT2D eigenvalue weighted by Gasteiger charge is -2.32. The molecule has 1 fully saturated rings. The molecule has 0 unspecified atom stereocenters. The zero-order valence-corrected chi connectivity index (χ0v) is 15.5. The Morgan fingerprint density at radius 3 is 2.77 bits per heavy atom. The molecule has 1 aromatic heterocycles. The Morgan fingerprint density at radius 1 is 1.19 bits per heavy atom. The van der Waals surface area contributed by atoms with Crippen LogP contribution in [0.25, 0.3) is 0 Å².